The van der Waals surface area contributed by atoms with Crippen molar-refractivity contribution in [3.63, 3.8) is 0 Å². The Hall–Kier alpha value is -2.66. The second kappa shape index (κ2) is 7.27. The first-order valence-electron chi connectivity index (χ1n) is 8.05. The van der Waals surface area contributed by atoms with Crippen molar-refractivity contribution < 1.29 is 4.79 Å². The Morgan fingerprint density at radius 3 is 2.83 bits per heavy atom. The first kappa shape index (κ1) is 16.2. The van der Waals surface area contributed by atoms with Gasteiger partial charge in [-0.1, -0.05) is 24.3 Å². The highest BCUT2D eigenvalue weighted by Gasteiger charge is 2.06. The lowest BCUT2D eigenvalue weighted by Gasteiger charge is -2.11. The number of rotatable bonds is 6. The molecule has 0 aliphatic rings. The third-order valence-corrected chi connectivity index (χ3v) is 3.82. The minimum absolute atomic E-state index is 0.00906. The summed E-state index contributed by atoms with van der Waals surface area (Å²) < 4.78 is 2.01. The van der Waals surface area contributed by atoms with E-state index in [0.29, 0.717) is 13.0 Å². The molecule has 0 aliphatic carbocycles. The molecule has 3 aromatic rings. The summed E-state index contributed by atoms with van der Waals surface area (Å²) in [4.78, 5) is 18.7. The van der Waals surface area contributed by atoms with Gasteiger partial charge in [0.05, 0.1) is 17.4 Å². The smallest absolute Gasteiger partial charge is 0.226 e. The summed E-state index contributed by atoms with van der Waals surface area (Å²) in [5, 5.41) is 2.97. The van der Waals surface area contributed by atoms with Crippen LogP contribution in [0.5, 0.6) is 0 Å². The van der Waals surface area contributed by atoms with Crippen molar-refractivity contribution >= 4 is 22.6 Å². The van der Waals surface area contributed by atoms with E-state index in [9.17, 15) is 4.79 Å². The van der Waals surface area contributed by atoms with Gasteiger partial charge in [0.15, 0.2) is 0 Å². The van der Waals surface area contributed by atoms with Crippen LogP contribution in [0.2, 0.25) is 0 Å². The zero-order valence-electron chi connectivity index (χ0n) is 14.1. The Bertz CT molecular complexity index is 838. The Morgan fingerprint density at radius 1 is 1.17 bits per heavy atom. The molecular weight excluding hydrogens is 300 g/mol. The summed E-state index contributed by atoms with van der Waals surface area (Å²) in [5.41, 5.74) is 4.03. The predicted octanol–water partition coefficient (Wildman–Crippen LogP) is 3.13. The molecule has 0 bridgehead atoms. The minimum atomic E-state index is 0.00906. The van der Waals surface area contributed by atoms with E-state index in [1.165, 1.54) is 5.56 Å². The molecule has 0 unspecified atom stereocenters. The number of fused-ring (bicyclic) bond motifs is 1. The van der Waals surface area contributed by atoms with Crippen molar-refractivity contribution in [2.75, 3.05) is 19.4 Å². The predicted molar refractivity (Wildman–Crippen MR) is 96.8 cm³/mol. The number of nitrogens with zero attached hydrogens (tertiary/aromatic N) is 3. The highest BCUT2D eigenvalue weighted by atomic mass is 16.1. The van der Waals surface area contributed by atoms with Gasteiger partial charge in [0.25, 0.3) is 0 Å². The topological polar surface area (TPSA) is 50.2 Å². The van der Waals surface area contributed by atoms with Gasteiger partial charge in [0.2, 0.25) is 5.91 Å². The zero-order chi connectivity index (χ0) is 16.9. The fourth-order valence-electron chi connectivity index (χ4n) is 2.75. The van der Waals surface area contributed by atoms with E-state index in [0.717, 1.165) is 23.3 Å². The van der Waals surface area contributed by atoms with Crippen LogP contribution in [0.25, 0.3) is 11.0 Å². The number of carbonyl (C=O) groups excluding carboxylic acids is 1. The van der Waals surface area contributed by atoms with Crippen LogP contribution < -0.4 is 5.32 Å². The van der Waals surface area contributed by atoms with Gasteiger partial charge in [0.1, 0.15) is 0 Å². The van der Waals surface area contributed by atoms with E-state index in [-0.39, 0.29) is 5.91 Å². The molecular formula is C19H22N4O. The van der Waals surface area contributed by atoms with E-state index in [1.54, 1.807) is 6.33 Å². The van der Waals surface area contributed by atoms with Crippen LogP contribution in [-0.2, 0) is 17.9 Å². The summed E-state index contributed by atoms with van der Waals surface area (Å²) in [6, 6.07) is 15.9. The molecule has 1 N–H and O–H groups in total. The number of hydrogen-bond acceptors (Lipinski definition) is 3. The van der Waals surface area contributed by atoms with Gasteiger partial charge in [-0.05, 0) is 43.9 Å². The van der Waals surface area contributed by atoms with Crippen molar-refractivity contribution in [3.8, 4) is 0 Å². The fraction of sp³-hybridized carbons (Fsp3) is 0.263. The molecule has 0 spiro atoms. The van der Waals surface area contributed by atoms with E-state index >= 15 is 0 Å². The maximum absolute atomic E-state index is 12.2. The molecule has 1 heterocycles. The van der Waals surface area contributed by atoms with Crippen LogP contribution in [-0.4, -0.2) is 34.5 Å². The number of imidazole rings is 1. The van der Waals surface area contributed by atoms with Crippen molar-refractivity contribution in [2.45, 2.75) is 19.5 Å². The SMILES string of the molecule is CN(C)Cc1cccc(NC(=O)CCn2cnc3ccccc32)c1. The minimum Gasteiger partial charge on any atom is -0.330 e. The average Bonchev–Trinajstić information content (AvgIpc) is 2.96. The summed E-state index contributed by atoms with van der Waals surface area (Å²) >= 11 is 0. The number of benzene rings is 2. The van der Waals surface area contributed by atoms with Gasteiger partial charge in [-0.2, -0.15) is 0 Å². The summed E-state index contributed by atoms with van der Waals surface area (Å²) in [7, 11) is 4.06. The molecule has 0 atom stereocenters. The maximum Gasteiger partial charge on any atom is 0.226 e. The Morgan fingerprint density at radius 2 is 2.00 bits per heavy atom. The van der Waals surface area contributed by atoms with E-state index in [1.807, 2.05) is 61.1 Å². The molecule has 1 aromatic heterocycles. The van der Waals surface area contributed by atoms with E-state index < -0.39 is 0 Å². The van der Waals surface area contributed by atoms with E-state index in [2.05, 4.69) is 21.3 Å². The molecule has 0 saturated heterocycles. The Kier molecular flexibility index (Phi) is 4.91. The van der Waals surface area contributed by atoms with Crippen molar-refractivity contribution in [1.82, 2.24) is 14.5 Å². The molecule has 0 aliphatic heterocycles. The largest absolute Gasteiger partial charge is 0.330 e. The van der Waals surface area contributed by atoms with Crippen LogP contribution in [0, 0.1) is 0 Å². The number of anilines is 1. The molecule has 5 heteroatoms. The number of carbonyl (C=O) groups is 1. The van der Waals surface area contributed by atoms with Gasteiger partial charge in [-0.3, -0.25) is 4.79 Å². The number of amides is 1. The van der Waals surface area contributed by atoms with Crippen LogP contribution in [0.15, 0.2) is 54.9 Å². The van der Waals surface area contributed by atoms with Crippen molar-refractivity contribution in [3.05, 3.63) is 60.4 Å². The summed E-state index contributed by atoms with van der Waals surface area (Å²) in [6.45, 7) is 1.47. The molecule has 1 amide bonds. The summed E-state index contributed by atoms with van der Waals surface area (Å²) in [6.07, 6.45) is 2.20. The maximum atomic E-state index is 12.2. The number of nitrogens with one attached hydrogen (secondary N) is 1. The second-order valence-electron chi connectivity index (χ2n) is 6.16. The molecule has 0 radical (unpaired) electrons. The van der Waals surface area contributed by atoms with Gasteiger partial charge >= 0.3 is 0 Å². The van der Waals surface area contributed by atoms with Crippen LogP contribution >= 0.6 is 0 Å². The van der Waals surface area contributed by atoms with Gasteiger partial charge in [-0.25, -0.2) is 4.98 Å². The number of hydrogen-bond donors (Lipinski definition) is 1. The summed E-state index contributed by atoms with van der Waals surface area (Å²) in [5.74, 6) is 0.00906. The third-order valence-electron chi connectivity index (χ3n) is 3.82. The molecule has 124 valence electrons. The molecule has 0 fully saturated rings. The molecule has 0 saturated carbocycles. The monoisotopic (exact) mass is 322 g/mol. The lowest BCUT2D eigenvalue weighted by molar-refractivity contribution is -0.116. The number of para-hydroxylation sites is 2. The van der Waals surface area contributed by atoms with Gasteiger partial charge in [0, 0.05) is 25.2 Å². The standard InChI is InChI=1S/C19H22N4O/c1-22(2)13-15-6-5-7-16(12-15)21-19(24)10-11-23-14-20-17-8-3-4-9-18(17)23/h3-9,12,14H,10-11,13H2,1-2H3,(H,21,24). The highest BCUT2D eigenvalue weighted by molar-refractivity contribution is 5.90. The zero-order valence-corrected chi connectivity index (χ0v) is 14.1. The Labute approximate surface area is 141 Å². The molecule has 3 rings (SSSR count). The normalized spacial score (nSPS) is 11.1. The highest BCUT2D eigenvalue weighted by Crippen LogP contribution is 2.14. The number of aromatic nitrogens is 2. The molecule has 5 nitrogen and oxygen atoms in total. The van der Waals surface area contributed by atoms with Gasteiger partial charge in [-0.15, -0.1) is 0 Å². The second-order valence-corrected chi connectivity index (χ2v) is 6.16. The Balaban J connectivity index is 1.60. The van der Waals surface area contributed by atoms with Crippen LogP contribution in [0.1, 0.15) is 12.0 Å². The lowest BCUT2D eigenvalue weighted by Crippen LogP contribution is -2.15. The third kappa shape index (κ3) is 4.00. The first-order valence-corrected chi connectivity index (χ1v) is 8.05. The average molecular weight is 322 g/mol. The molecule has 2 aromatic carbocycles. The van der Waals surface area contributed by atoms with E-state index in [4.69, 9.17) is 0 Å². The van der Waals surface area contributed by atoms with Crippen molar-refractivity contribution in [1.29, 1.82) is 0 Å². The lowest BCUT2D eigenvalue weighted by atomic mass is 10.2. The number of aryl methyl sites for hydroxylation is 1. The van der Waals surface area contributed by atoms with Gasteiger partial charge < -0.3 is 14.8 Å². The van der Waals surface area contributed by atoms with Crippen LogP contribution in [0.4, 0.5) is 5.69 Å². The first-order chi connectivity index (χ1) is 11.6. The quantitative estimate of drug-likeness (QED) is 0.758. The van der Waals surface area contributed by atoms with Crippen molar-refractivity contribution in [2.24, 2.45) is 0 Å². The molecule has 24 heavy (non-hydrogen) atoms. The van der Waals surface area contributed by atoms with Crippen LogP contribution in [0.3, 0.4) is 0 Å². The fourth-order valence-corrected chi connectivity index (χ4v) is 2.75.